The van der Waals surface area contributed by atoms with Crippen molar-refractivity contribution in [1.82, 2.24) is 10.6 Å². The second-order valence-corrected chi connectivity index (χ2v) is 11.8. The minimum absolute atomic E-state index is 0. The molecule has 0 unspecified atom stereocenters. The predicted molar refractivity (Wildman–Crippen MR) is 121 cm³/mol. The zero-order valence-corrected chi connectivity index (χ0v) is 26.3. The van der Waals surface area contributed by atoms with Crippen LogP contribution in [0.1, 0.15) is 87.0 Å². The van der Waals surface area contributed by atoms with Crippen LogP contribution in [-0.2, 0) is 9.47 Å². The van der Waals surface area contributed by atoms with Gasteiger partial charge in [-0.05, 0) is 86.0 Å². The first-order chi connectivity index (χ1) is 12.7. The number of carbonyl (C=O) groups excluding carboxylic acids is 2. The molecule has 2 aliphatic carbocycles. The SMILES string of the molecule is CC(C)(C)OC(=O)N[C@H]1CC[C@H](I)C1.C[C@@H]1CC[C@H](NC(=O)OC(C)(C)C)C1.[I-].[Na+]. The van der Waals surface area contributed by atoms with Crippen molar-refractivity contribution in [2.75, 3.05) is 0 Å². The van der Waals surface area contributed by atoms with Crippen LogP contribution in [0.5, 0.6) is 0 Å². The van der Waals surface area contributed by atoms with E-state index in [1.807, 2.05) is 41.5 Å². The van der Waals surface area contributed by atoms with Gasteiger partial charge in [-0.1, -0.05) is 29.5 Å². The molecular formula is C21H39I2N2NaO4. The topological polar surface area (TPSA) is 76.7 Å². The van der Waals surface area contributed by atoms with Crippen LogP contribution < -0.4 is 64.2 Å². The summed E-state index contributed by atoms with van der Waals surface area (Å²) in [7, 11) is 0. The van der Waals surface area contributed by atoms with Gasteiger partial charge in [-0.15, -0.1) is 0 Å². The van der Waals surface area contributed by atoms with Crippen LogP contribution in [0.4, 0.5) is 9.59 Å². The van der Waals surface area contributed by atoms with Crippen molar-refractivity contribution < 1.29 is 72.6 Å². The summed E-state index contributed by atoms with van der Waals surface area (Å²) in [4.78, 5) is 22.8. The minimum Gasteiger partial charge on any atom is -1.00 e. The Balaban J connectivity index is 0. The number of hydrogen-bond acceptors (Lipinski definition) is 4. The molecule has 172 valence electrons. The molecule has 0 aromatic carbocycles. The molecule has 4 atom stereocenters. The van der Waals surface area contributed by atoms with E-state index in [2.05, 4.69) is 40.1 Å². The number of carbonyl (C=O) groups is 2. The Bertz CT molecular complexity index is 478. The second kappa shape index (κ2) is 15.0. The minimum atomic E-state index is -0.396. The Morgan fingerprint density at radius 3 is 1.50 bits per heavy atom. The average Bonchev–Trinajstić information content (AvgIpc) is 3.04. The van der Waals surface area contributed by atoms with Gasteiger partial charge in [0.05, 0.1) is 0 Å². The molecule has 0 spiro atoms. The second-order valence-electron chi connectivity index (χ2n) is 10.0. The fourth-order valence-electron chi connectivity index (χ4n) is 3.34. The van der Waals surface area contributed by atoms with Crippen LogP contribution in [0.3, 0.4) is 0 Å². The first kappa shape index (κ1) is 33.2. The molecule has 2 rings (SSSR count). The molecule has 9 heteroatoms. The maximum Gasteiger partial charge on any atom is 1.00 e. The van der Waals surface area contributed by atoms with Crippen molar-refractivity contribution in [2.24, 2.45) is 5.92 Å². The van der Waals surface area contributed by atoms with Crippen molar-refractivity contribution in [3.05, 3.63) is 0 Å². The summed E-state index contributed by atoms with van der Waals surface area (Å²) in [5.74, 6) is 0.731. The summed E-state index contributed by atoms with van der Waals surface area (Å²) in [6.45, 7) is 13.5. The number of rotatable bonds is 2. The van der Waals surface area contributed by atoms with E-state index in [0.717, 1.165) is 31.6 Å². The molecule has 0 aromatic heterocycles. The van der Waals surface area contributed by atoms with Gasteiger partial charge in [0.2, 0.25) is 0 Å². The third-order valence-electron chi connectivity index (χ3n) is 4.51. The molecule has 2 aliphatic rings. The summed E-state index contributed by atoms with van der Waals surface area (Å²) < 4.78 is 11.1. The number of alkyl carbamates (subject to hydrolysis) is 2. The first-order valence-corrected chi connectivity index (χ1v) is 11.6. The molecule has 2 fully saturated rings. The van der Waals surface area contributed by atoms with E-state index in [0.29, 0.717) is 16.0 Å². The summed E-state index contributed by atoms with van der Waals surface area (Å²) >= 11 is 2.43. The van der Waals surface area contributed by atoms with Gasteiger partial charge in [-0.3, -0.25) is 0 Å². The third kappa shape index (κ3) is 16.6. The monoisotopic (exact) mass is 660 g/mol. The fraction of sp³-hybridized carbons (Fsp3) is 0.905. The molecule has 2 N–H and O–H groups in total. The Kier molecular flexibility index (Phi) is 16.6. The van der Waals surface area contributed by atoms with Crippen LogP contribution in [0.2, 0.25) is 0 Å². The number of ether oxygens (including phenoxy) is 2. The molecule has 30 heavy (non-hydrogen) atoms. The van der Waals surface area contributed by atoms with Gasteiger partial charge in [0.15, 0.2) is 0 Å². The van der Waals surface area contributed by atoms with Gasteiger partial charge >= 0.3 is 41.7 Å². The molecule has 0 aromatic rings. The average molecular weight is 660 g/mol. The number of halogens is 2. The van der Waals surface area contributed by atoms with Gasteiger partial charge in [0.1, 0.15) is 11.2 Å². The van der Waals surface area contributed by atoms with E-state index < -0.39 is 11.2 Å². The van der Waals surface area contributed by atoms with Crippen LogP contribution in [0.15, 0.2) is 0 Å². The maximum atomic E-state index is 11.4. The Morgan fingerprint density at radius 2 is 1.20 bits per heavy atom. The van der Waals surface area contributed by atoms with Gasteiger partial charge in [0, 0.05) is 16.0 Å². The van der Waals surface area contributed by atoms with E-state index in [4.69, 9.17) is 9.47 Å². The van der Waals surface area contributed by atoms with Crippen molar-refractivity contribution in [3.8, 4) is 0 Å². The first-order valence-electron chi connectivity index (χ1n) is 10.4. The van der Waals surface area contributed by atoms with Crippen LogP contribution in [0.25, 0.3) is 0 Å². The quantitative estimate of drug-likeness (QED) is 0.240. The van der Waals surface area contributed by atoms with Crippen molar-refractivity contribution in [1.29, 1.82) is 0 Å². The van der Waals surface area contributed by atoms with E-state index in [-0.39, 0.29) is 65.7 Å². The molecule has 0 heterocycles. The van der Waals surface area contributed by atoms with Crippen molar-refractivity contribution in [2.45, 2.75) is 114 Å². The molecule has 6 nitrogen and oxygen atoms in total. The zero-order valence-electron chi connectivity index (χ0n) is 19.9. The van der Waals surface area contributed by atoms with Gasteiger partial charge in [-0.25, -0.2) is 9.59 Å². The standard InChI is InChI=1S/C11H21NO2.C10H18INO2.HI.Na/c1-8-5-6-9(7-8)12-10(13)14-11(2,3)4;1-10(2,3)14-9(13)12-8-5-4-7(11)6-8;;/h8-9H,5-7H2,1-4H3,(H,12,13);7-8H,4-6H2,1-3H3,(H,12,13);1H;/q;;;+1/p-1/t8-,9+;7-,8-;;/m10../s1. The summed E-state index contributed by atoms with van der Waals surface area (Å²) in [6.07, 6.45) is 6.15. The molecule has 0 radical (unpaired) electrons. The summed E-state index contributed by atoms with van der Waals surface area (Å²) in [5.41, 5.74) is -0.791. The number of hydrogen-bond donors (Lipinski definition) is 2. The largest absolute Gasteiger partial charge is 1.00 e. The molecule has 2 saturated carbocycles. The van der Waals surface area contributed by atoms with Crippen molar-refractivity contribution in [3.63, 3.8) is 0 Å². The Hall–Kier alpha value is 1.00. The van der Waals surface area contributed by atoms with Crippen LogP contribution in [0, 0.1) is 5.92 Å². The molecule has 0 bridgehead atoms. The van der Waals surface area contributed by atoms with E-state index >= 15 is 0 Å². The van der Waals surface area contributed by atoms with E-state index in [9.17, 15) is 9.59 Å². The molecule has 0 saturated heterocycles. The molecular weight excluding hydrogens is 621 g/mol. The van der Waals surface area contributed by atoms with Crippen LogP contribution in [-0.4, -0.2) is 39.4 Å². The molecule has 0 aliphatic heterocycles. The maximum absolute atomic E-state index is 11.4. The normalized spacial score (nSPS) is 25.6. The van der Waals surface area contributed by atoms with E-state index in [1.165, 1.54) is 12.8 Å². The Labute approximate surface area is 236 Å². The van der Waals surface area contributed by atoms with Gasteiger partial charge in [-0.2, -0.15) is 0 Å². The summed E-state index contributed by atoms with van der Waals surface area (Å²) in [6, 6.07) is 0.631. The fourth-order valence-corrected chi connectivity index (χ4v) is 4.32. The third-order valence-corrected chi connectivity index (χ3v) is 5.64. The van der Waals surface area contributed by atoms with E-state index in [1.54, 1.807) is 0 Å². The van der Waals surface area contributed by atoms with Crippen LogP contribution >= 0.6 is 22.6 Å². The smallest absolute Gasteiger partial charge is 1.00 e. The summed E-state index contributed by atoms with van der Waals surface area (Å²) in [5, 5.41) is 5.80. The number of amides is 2. The van der Waals surface area contributed by atoms with Crippen molar-refractivity contribution >= 4 is 34.8 Å². The number of nitrogens with one attached hydrogen (secondary N) is 2. The number of alkyl halides is 1. The van der Waals surface area contributed by atoms with Gasteiger partial charge in [0.25, 0.3) is 0 Å². The Morgan fingerprint density at radius 1 is 0.800 bits per heavy atom. The predicted octanol–water partition coefficient (Wildman–Crippen LogP) is -0.425. The zero-order chi connectivity index (χ0) is 21.5. The molecule has 2 amide bonds. The van der Waals surface area contributed by atoms with Gasteiger partial charge < -0.3 is 44.1 Å².